The molecule has 5 heteroatoms. The zero-order valence-corrected chi connectivity index (χ0v) is 11.9. The molecule has 0 fully saturated rings. The summed E-state index contributed by atoms with van der Waals surface area (Å²) in [5.74, 6) is -0.241. The summed E-state index contributed by atoms with van der Waals surface area (Å²) < 4.78 is 0.685. The SMILES string of the molecule is CCCC(O)CNC(=O)c1cc(Cl)ccc1Br. The first kappa shape index (κ1) is 14.5. The van der Waals surface area contributed by atoms with Gasteiger partial charge in [-0.15, -0.1) is 0 Å². The molecular weight excluding hydrogens is 305 g/mol. The van der Waals surface area contributed by atoms with Crippen LogP contribution in [0.3, 0.4) is 0 Å². The van der Waals surface area contributed by atoms with E-state index >= 15 is 0 Å². The lowest BCUT2D eigenvalue weighted by molar-refractivity contribution is 0.0909. The number of rotatable bonds is 5. The van der Waals surface area contributed by atoms with Crippen LogP contribution in [0.5, 0.6) is 0 Å². The summed E-state index contributed by atoms with van der Waals surface area (Å²) in [6.07, 6.45) is 1.07. The average Bonchev–Trinajstić information content (AvgIpc) is 2.29. The van der Waals surface area contributed by atoms with Crippen molar-refractivity contribution in [2.75, 3.05) is 6.54 Å². The lowest BCUT2D eigenvalue weighted by Crippen LogP contribution is -2.32. The highest BCUT2D eigenvalue weighted by atomic mass is 79.9. The summed E-state index contributed by atoms with van der Waals surface area (Å²) in [6, 6.07) is 5.02. The number of aliphatic hydroxyl groups excluding tert-OH is 1. The maximum Gasteiger partial charge on any atom is 0.252 e. The predicted octanol–water partition coefficient (Wildman–Crippen LogP) is 2.99. The van der Waals surface area contributed by atoms with E-state index in [0.29, 0.717) is 21.5 Å². The first-order valence-electron chi connectivity index (χ1n) is 5.46. The largest absolute Gasteiger partial charge is 0.391 e. The molecule has 94 valence electrons. The number of hydrogen-bond donors (Lipinski definition) is 2. The van der Waals surface area contributed by atoms with E-state index in [1.807, 2.05) is 6.92 Å². The molecule has 1 aromatic carbocycles. The van der Waals surface area contributed by atoms with E-state index < -0.39 is 6.10 Å². The number of aliphatic hydroxyl groups is 1. The standard InChI is InChI=1S/C12H15BrClNO2/c1-2-3-9(16)7-15-12(17)10-6-8(14)4-5-11(10)13/h4-6,9,16H,2-3,7H2,1H3,(H,15,17). The number of amides is 1. The molecule has 0 spiro atoms. The molecule has 1 unspecified atom stereocenters. The third-order valence-electron chi connectivity index (χ3n) is 2.29. The number of carbonyl (C=O) groups excluding carboxylic acids is 1. The van der Waals surface area contributed by atoms with Gasteiger partial charge in [-0.2, -0.15) is 0 Å². The van der Waals surface area contributed by atoms with Crippen LogP contribution in [0.4, 0.5) is 0 Å². The summed E-state index contributed by atoms with van der Waals surface area (Å²) in [5.41, 5.74) is 0.473. The molecule has 0 aliphatic carbocycles. The van der Waals surface area contributed by atoms with Crippen molar-refractivity contribution >= 4 is 33.4 Å². The second-order valence-electron chi connectivity index (χ2n) is 3.78. The van der Waals surface area contributed by atoms with Crippen molar-refractivity contribution in [2.24, 2.45) is 0 Å². The number of hydrogen-bond acceptors (Lipinski definition) is 2. The summed E-state index contributed by atoms with van der Waals surface area (Å²) in [6.45, 7) is 2.24. The number of nitrogens with one attached hydrogen (secondary N) is 1. The fourth-order valence-corrected chi connectivity index (χ4v) is 2.01. The van der Waals surface area contributed by atoms with Gasteiger partial charge < -0.3 is 10.4 Å². The zero-order valence-electron chi connectivity index (χ0n) is 9.54. The normalized spacial score (nSPS) is 12.2. The minimum atomic E-state index is -0.498. The van der Waals surface area contributed by atoms with Gasteiger partial charge in [0.05, 0.1) is 11.7 Å². The van der Waals surface area contributed by atoms with Gasteiger partial charge in [-0.3, -0.25) is 4.79 Å². The van der Waals surface area contributed by atoms with E-state index in [9.17, 15) is 9.90 Å². The van der Waals surface area contributed by atoms with Crippen molar-refractivity contribution in [2.45, 2.75) is 25.9 Å². The van der Waals surface area contributed by atoms with Gasteiger partial charge >= 0.3 is 0 Å². The molecular formula is C12H15BrClNO2. The number of halogens is 2. The Balaban J connectivity index is 2.61. The molecule has 0 aliphatic heterocycles. The van der Waals surface area contributed by atoms with Crippen molar-refractivity contribution < 1.29 is 9.90 Å². The molecule has 1 amide bonds. The fraction of sp³-hybridized carbons (Fsp3) is 0.417. The Morgan fingerprint density at radius 3 is 2.94 bits per heavy atom. The highest BCUT2D eigenvalue weighted by Crippen LogP contribution is 2.20. The third kappa shape index (κ3) is 4.66. The van der Waals surface area contributed by atoms with Gasteiger partial charge in [-0.1, -0.05) is 24.9 Å². The van der Waals surface area contributed by atoms with E-state index in [1.165, 1.54) is 0 Å². The van der Waals surface area contributed by atoms with Crippen molar-refractivity contribution in [3.05, 3.63) is 33.3 Å². The van der Waals surface area contributed by atoms with E-state index in [2.05, 4.69) is 21.2 Å². The molecule has 0 saturated carbocycles. The summed E-state index contributed by atoms with van der Waals surface area (Å²) in [5, 5.41) is 12.7. The first-order chi connectivity index (χ1) is 8.04. The van der Waals surface area contributed by atoms with Crippen LogP contribution in [-0.2, 0) is 0 Å². The highest BCUT2D eigenvalue weighted by Gasteiger charge is 2.11. The minimum Gasteiger partial charge on any atom is -0.391 e. The molecule has 1 rings (SSSR count). The molecule has 0 aromatic heterocycles. The minimum absolute atomic E-state index is 0.241. The molecule has 0 aliphatic rings. The third-order valence-corrected chi connectivity index (χ3v) is 3.22. The van der Waals surface area contributed by atoms with Crippen LogP contribution in [0, 0.1) is 0 Å². The Labute approximate surface area is 114 Å². The first-order valence-corrected chi connectivity index (χ1v) is 6.63. The maximum absolute atomic E-state index is 11.8. The molecule has 17 heavy (non-hydrogen) atoms. The van der Waals surface area contributed by atoms with Crippen LogP contribution < -0.4 is 5.32 Å². The van der Waals surface area contributed by atoms with Crippen LogP contribution in [0.2, 0.25) is 5.02 Å². The van der Waals surface area contributed by atoms with Gasteiger partial charge in [0, 0.05) is 16.0 Å². The van der Waals surface area contributed by atoms with Crippen LogP contribution in [0.15, 0.2) is 22.7 Å². The average molecular weight is 321 g/mol. The topological polar surface area (TPSA) is 49.3 Å². The maximum atomic E-state index is 11.8. The van der Waals surface area contributed by atoms with Gasteiger partial charge in [0.2, 0.25) is 0 Å². The van der Waals surface area contributed by atoms with E-state index in [4.69, 9.17) is 11.6 Å². The second kappa shape index (κ2) is 6.99. The molecule has 0 heterocycles. The van der Waals surface area contributed by atoms with Crippen molar-refractivity contribution in [3.63, 3.8) is 0 Å². The second-order valence-corrected chi connectivity index (χ2v) is 5.07. The van der Waals surface area contributed by atoms with Crippen LogP contribution in [0.25, 0.3) is 0 Å². The number of benzene rings is 1. The molecule has 1 aromatic rings. The summed E-state index contributed by atoms with van der Waals surface area (Å²) in [4.78, 5) is 11.8. The molecule has 1 atom stereocenters. The molecule has 0 radical (unpaired) electrons. The van der Waals surface area contributed by atoms with Crippen molar-refractivity contribution in [1.82, 2.24) is 5.32 Å². The fourth-order valence-electron chi connectivity index (χ4n) is 1.41. The van der Waals surface area contributed by atoms with Crippen LogP contribution in [-0.4, -0.2) is 23.7 Å². The highest BCUT2D eigenvalue weighted by molar-refractivity contribution is 9.10. The van der Waals surface area contributed by atoms with E-state index in [-0.39, 0.29) is 12.5 Å². The molecule has 3 nitrogen and oxygen atoms in total. The Bertz CT molecular complexity index is 398. The van der Waals surface area contributed by atoms with E-state index in [0.717, 1.165) is 6.42 Å². The smallest absolute Gasteiger partial charge is 0.252 e. The van der Waals surface area contributed by atoms with Gasteiger partial charge in [-0.25, -0.2) is 0 Å². The molecule has 0 saturated heterocycles. The lowest BCUT2D eigenvalue weighted by atomic mass is 10.2. The van der Waals surface area contributed by atoms with Crippen molar-refractivity contribution in [1.29, 1.82) is 0 Å². The van der Waals surface area contributed by atoms with Gasteiger partial charge in [0.25, 0.3) is 5.91 Å². The quantitative estimate of drug-likeness (QED) is 0.876. The Morgan fingerprint density at radius 1 is 1.59 bits per heavy atom. The van der Waals surface area contributed by atoms with E-state index in [1.54, 1.807) is 18.2 Å². The van der Waals surface area contributed by atoms with Crippen molar-refractivity contribution in [3.8, 4) is 0 Å². The Kier molecular flexibility index (Phi) is 5.95. The van der Waals surface area contributed by atoms with Crippen LogP contribution in [0.1, 0.15) is 30.1 Å². The summed E-state index contributed by atoms with van der Waals surface area (Å²) >= 11 is 9.11. The predicted molar refractivity (Wildman–Crippen MR) is 72.4 cm³/mol. The van der Waals surface area contributed by atoms with Gasteiger partial charge in [-0.05, 0) is 40.5 Å². The molecule has 2 N–H and O–H groups in total. The zero-order chi connectivity index (χ0) is 12.8. The number of carbonyl (C=O) groups is 1. The van der Waals surface area contributed by atoms with Crippen LogP contribution >= 0.6 is 27.5 Å². The lowest BCUT2D eigenvalue weighted by Gasteiger charge is -2.11. The monoisotopic (exact) mass is 319 g/mol. The molecule has 0 bridgehead atoms. The Morgan fingerprint density at radius 2 is 2.29 bits per heavy atom. The van der Waals surface area contributed by atoms with Gasteiger partial charge in [0.1, 0.15) is 0 Å². The van der Waals surface area contributed by atoms with Gasteiger partial charge in [0.15, 0.2) is 0 Å². The Hall–Kier alpha value is -0.580. The summed E-state index contributed by atoms with van der Waals surface area (Å²) in [7, 11) is 0.